The molecule has 0 aliphatic heterocycles. The average Bonchev–Trinajstić information content (AvgIpc) is 2.14. The van der Waals surface area contributed by atoms with Crippen LogP contribution < -0.4 is 0 Å². The van der Waals surface area contributed by atoms with Crippen LogP contribution in [0.3, 0.4) is 0 Å². The Morgan fingerprint density at radius 3 is 2.06 bits per heavy atom. The minimum absolute atomic E-state index is 0.513. The first kappa shape index (κ1) is 13.8. The maximum Gasteiger partial charge on any atom is -0.0195 e. The first-order valence-electron chi connectivity index (χ1n) is 7.01. The second-order valence-electron chi connectivity index (χ2n) is 6.94. The summed E-state index contributed by atoms with van der Waals surface area (Å²) in [6.45, 7) is 16.7. The second kappa shape index (κ2) is 4.94. The van der Waals surface area contributed by atoms with E-state index in [0.29, 0.717) is 5.41 Å². The molecular weight excluding hydrogens is 192 g/mol. The van der Waals surface area contributed by atoms with Gasteiger partial charge in [0.15, 0.2) is 0 Å². The van der Waals surface area contributed by atoms with Crippen molar-refractivity contribution in [3.05, 3.63) is 11.1 Å². The Morgan fingerprint density at radius 2 is 1.69 bits per heavy atom. The molecule has 0 aromatic rings. The number of hydrogen-bond donors (Lipinski definition) is 0. The van der Waals surface area contributed by atoms with Crippen LogP contribution in [0.4, 0.5) is 0 Å². The molecule has 1 aliphatic carbocycles. The van der Waals surface area contributed by atoms with E-state index in [4.69, 9.17) is 0 Å². The summed E-state index contributed by atoms with van der Waals surface area (Å²) in [4.78, 5) is 0. The van der Waals surface area contributed by atoms with Crippen LogP contribution >= 0.6 is 0 Å². The van der Waals surface area contributed by atoms with Gasteiger partial charge in [-0.25, -0.2) is 0 Å². The number of allylic oxidation sites excluding steroid dienone is 2. The first-order chi connectivity index (χ1) is 7.28. The Kier molecular flexibility index (Phi) is 4.26. The quantitative estimate of drug-likeness (QED) is 0.558. The summed E-state index contributed by atoms with van der Waals surface area (Å²) in [7, 11) is 0. The Morgan fingerprint density at radius 1 is 1.12 bits per heavy atom. The van der Waals surface area contributed by atoms with Crippen molar-refractivity contribution in [1.29, 1.82) is 0 Å². The number of hydrogen-bond acceptors (Lipinski definition) is 0. The highest BCUT2D eigenvalue weighted by atomic mass is 14.4. The summed E-state index contributed by atoms with van der Waals surface area (Å²) in [5.41, 5.74) is 4.06. The van der Waals surface area contributed by atoms with Crippen molar-refractivity contribution < 1.29 is 0 Å². The molecule has 0 saturated heterocycles. The molecule has 0 amide bonds. The number of rotatable bonds is 3. The Hall–Kier alpha value is -0.260. The van der Waals surface area contributed by atoms with E-state index >= 15 is 0 Å². The summed E-state index contributed by atoms with van der Waals surface area (Å²) in [5.74, 6) is 2.30. The first-order valence-corrected chi connectivity index (χ1v) is 7.01. The van der Waals surface area contributed by atoms with E-state index in [0.717, 1.165) is 17.8 Å². The zero-order valence-electron chi connectivity index (χ0n) is 12.4. The third-order valence-corrected chi connectivity index (χ3v) is 4.09. The molecule has 1 atom stereocenters. The predicted octanol–water partition coefficient (Wildman–Crippen LogP) is 5.44. The minimum Gasteiger partial charge on any atom is -0.0674 e. The van der Waals surface area contributed by atoms with Gasteiger partial charge in [0, 0.05) is 0 Å². The molecule has 0 heteroatoms. The average molecular weight is 222 g/mol. The van der Waals surface area contributed by atoms with Gasteiger partial charge >= 0.3 is 0 Å². The molecule has 0 radical (unpaired) electrons. The molecule has 1 unspecified atom stereocenters. The molecule has 0 nitrogen and oxygen atoms in total. The van der Waals surface area contributed by atoms with Crippen molar-refractivity contribution in [2.45, 2.75) is 67.7 Å². The predicted molar refractivity (Wildman–Crippen MR) is 73.5 cm³/mol. The van der Waals surface area contributed by atoms with Crippen molar-refractivity contribution in [2.75, 3.05) is 0 Å². The van der Waals surface area contributed by atoms with Gasteiger partial charge in [0.1, 0.15) is 0 Å². The van der Waals surface area contributed by atoms with Crippen molar-refractivity contribution >= 4 is 0 Å². The van der Waals surface area contributed by atoms with Crippen LogP contribution in [0.1, 0.15) is 67.7 Å². The van der Waals surface area contributed by atoms with E-state index in [1.165, 1.54) is 19.3 Å². The highest BCUT2D eigenvalue weighted by Gasteiger charge is 2.34. The van der Waals surface area contributed by atoms with Crippen molar-refractivity contribution in [2.24, 2.45) is 23.2 Å². The maximum absolute atomic E-state index is 2.44. The molecule has 16 heavy (non-hydrogen) atoms. The molecule has 1 aliphatic rings. The SMILES string of the molecule is CCC1CC(C)(C)CC(C(C)C)=C1C(C)C. The van der Waals surface area contributed by atoms with Gasteiger partial charge in [0.2, 0.25) is 0 Å². The van der Waals surface area contributed by atoms with E-state index in [-0.39, 0.29) is 0 Å². The topological polar surface area (TPSA) is 0 Å². The van der Waals surface area contributed by atoms with Gasteiger partial charge in [-0.2, -0.15) is 0 Å². The van der Waals surface area contributed by atoms with E-state index in [1.54, 1.807) is 11.1 Å². The van der Waals surface area contributed by atoms with Crippen molar-refractivity contribution in [1.82, 2.24) is 0 Å². The lowest BCUT2D eigenvalue weighted by Crippen LogP contribution is -2.29. The van der Waals surface area contributed by atoms with E-state index < -0.39 is 0 Å². The Bertz CT molecular complexity index is 266. The molecule has 1 rings (SSSR count). The van der Waals surface area contributed by atoms with Crippen LogP contribution in [-0.2, 0) is 0 Å². The monoisotopic (exact) mass is 222 g/mol. The second-order valence-corrected chi connectivity index (χ2v) is 6.94. The molecule has 0 aromatic heterocycles. The van der Waals surface area contributed by atoms with Gasteiger partial charge in [-0.15, -0.1) is 0 Å². The minimum atomic E-state index is 0.513. The molecule has 94 valence electrons. The fourth-order valence-corrected chi connectivity index (χ4v) is 3.47. The molecular formula is C16H30. The third kappa shape index (κ3) is 2.90. The lowest BCUT2D eigenvalue weighted by Gasteiger charge is -2.41. The lowest BCUT2D eigenvalue weighted by atomic mass is 9.64. The van der Waals surface area contributed by atoms with Crippen LogP contribution in [0.2, 0.25) is 0 Å². The highest BCUT2D eigenvalue weighted by molar-refractivity contribution is 5.25. The lowest BCUT2D eigenvalue weighted by molar-refractivity contribution is 0.236. The maximum atomic E-state index is 2.44. The van der Waals surface area contributed by atoms with E-state index in [2.05, 4.69) is 48.5 Å². The summed E-state index contributed by atoms with van der Waals surface area (Å²) < 4.78 is 0. The Labute approximate surface area is 103 Å². The van der Waals surface area contributed by atoms with Crippen molar-refractivity contribution in [3.63, 3.8) is 0 Å². The van der Waals surface area contributed by atoms with Gasteiger partial charge in [-0.1, -0.05) is 59.6 Å². The summed E-state index contributed by atoms with van der Waals surface area (Å²) in [5, 5.41) is 0. The molecule has 0 aromatic carbocycles. The van der Waals surface area contributed by atoms with Gasteiger partial charge < -0.3 is 0 Å². The molecule has 0 N–H and O–H groups in total. The smallest absolute Gasteiger partial charge is 0.0195 e. The molecule has 0 fully saturated rings. The van der Waals surface area contributed by atoms with Crippen LogP contribution in [-0.4, -0.2) is 0 Å². The van der Waals surface area contributed by atoms with Crippen LogP contribution in [0, 0.1) is 23.2 Å². The molecule has 0 bridgehead atoms. The molecule has 0 spiro atoms. The van der Waals surface area contributed by atoms with Crippen LogP contribution in [0.25, 0.3) is 0 Å². The zero-order valence-corrected chi connectivity index (χ0v) is 12.4. The standard InChI is InChI=1S/C16H30/c1-8-13-9-16(6,7)10-14(11(2)3)15(13)12(4)5/h11-13H,8-10H2,1-7H3. The summed E-state index contributed by atoms with van der Waals surface area (Å²) in [6, 6.07) is 0. The van der Waals surface area contributed by atoms with Gasteiger partial charge in [0.25, 0.3) is 0 Å². The molecule has 0 heterocycles. The van der Waals surface area contributed by atoms with E-state index in [9.17, 15) is 0 Å². The normalized spacial score (nSPS) is 25.7. The molecule has 0 saturated carbocycles. The van der Waals surface area contributed by atoms with Crippen molar-refractivity contribution in [3.8, 4) is 0 Å². The summed E-state index contributed by atoms with van der Waals surface area (Å²) >= 11 is 0. The van der Waals surface area contributed by atoms with Crippen LogP contribution in [0.15, 0.2) is 11.1 Å². The van der Waals surface area contributed by atoms with E-state index in [1.807, 2.05) is 0 Å². The zero-order chi connectivity index (χ0) is 12.5. The Balaban J connectivity index is 3.16. The largest absolute Gasteiger partial charge is 0.0674 e. The fourth-order valence-electron chi connectivity index (χ4n) is 3.47. The van der Waals surface area contributed by atoms with Crippen LogP contribution in [0.5, 0.6) is 0 Å². The fraction of sp³-hybridized carbons (Fsp3) is 0.875. The summed E-state index contributed by atoms with van der Waals surface area (Å²) in [6.07, 6.45) is 4.01. The van der Waals surface area contributed by atoms with Gasteiger partial charge in [-0.3, -0.25) is 0 Å². The van der Waals surface area contributed by atoms with Gasteiger partial charge in [-0.05, 0) is 42.4 Å². The van der Waals surface area contributed by atoms with Gasteiger partial charge in [0.05, 0.1) is 0 Å². The third-order valence-electron chi connectivity index (χ3n) is 4.09. The highest BCUT2D eigenvalue weighted by Crippen LogP contribution is 2.47.